The van der Waals surface area contributed by atoms with Crippen molar-refractivity contribution in [2.24, 2.45) is 11.8 Å². The predicted molar refractivity (Wildman–Crippen MR) is 63.8 cm³/mol. The number of halogens is 1. The fraction of sp³-hybridized carbons (Fsp3) is 0.917. The van der Waals surface area contributed by atoms with E-state index >= 15 is 0 Å². The van der Waals surface area contributed by atoms with E-state index in [0.29, 0.717) is 17.0 Å². The minimum Gasteiger partial charge on any atom is -0.298 e. The maximum absolute atomic E-state index is 11.6. The normalized spacial score (nSPS) is 30.1. The molecule has 1 saturated carbocycles. The highest BCUT2D eigenvalue weighted by molar-refractivity contribution is 9.09. The minimum absolute atomic E-state index is 0.336. The van der Waals surface area contributed by atoms with Gasteiger partial charge in [-0.3, -0.25) is 4.79 Å². The van der Waals surface area contributed by atoms with Crippen molar-refractivity contribution < 1.29 is 4.79 Å². The van der Waals surface area contributed by atoms with Gasteiger partial charge in [-0.1, -0.05) is 55.0 Å². The van der Waals surface area contributed by atoms with Gasteiger partial charge in [0.15, 0.2) is 0 Å². The maximum atomic E-state index is 11.6. The van der Waals surface area contributed by atoms with E-state index in [2.05, 4.69) is 22.9 Å². The van der Waals surface area contributed by atoms with E-state index in [1.165, 1.54) is 32.1 Å². The summed E-state index contributed by atoms with van der Waals surface area (Å²) in [6.45, 7) is 2.29. The molecule has 0 bridgehead atoms. The van der Waals surface area contributed by atoms with E-state index in [1.807, 2.05) is 0 Å². The van der Waals surface area contributed by atoms with Crippen molar-refractivity contribution in [1.29, 1.82) is 0 Å². The van der Waals surface area contributed by atoms with Gasteiger partial charge in [-0.25, -0.2) is 0 Å². The fourth-order valence-electron chi connectivity index (χ4n) is 2.36. The first-order valence-electron chi connectivity index (χ1n) is 5.82. The Labute approximate surface area is 95.8 Å². The van der Waals surface area contributed by atoms with Crippen molar-refractivity contribution in [3.8, 4) is 0 Å². The summed E-state index contributed by atoms with van der Waals surface area (Å²) in [6, 6.07) is 0. The van der Waals surface area contributed by atoms with Crippen LogP contribution in [0.3, 0.4) is 0 Å². The van der Waals surface area contributed by atoms with Gasteiger partial charge < -0.3 is 0 Å². The standard InChI is InChI=1S/C12H21BrO/c1-10-6-4-2-3-5-7-11(8-10)12(14)9-13/h10-11H,2-9H2,1H3. The number of hydrogen-bond acceptors (Lipinski definition) is 1. The molecule has 0 amide bonds. The number of carbonyl (C=O) groups excluding carboxylic acids is 1. The van der Waals surface area contributed by atoms with Crippen LogP contribution in [-0.2, 0) is 4.79 Å². The average molecular weight is 261 g/mol. The minimum atomic E-state index is 0.336. The van der Waals surface area contributed by atoms with E-state index in [1.54, 1.807) is 0 Å². The summed E-state index contributed by atoms with van der Waals surface area (Å²) in [7, 11) is 0. The molecule has 0 aromatic rings. The molecule has 1 aliphatic rings. The summed E-state index contributed by atoms with van der Waals surface area (Å²) in [4.78, 5) is 11.6. The van der Waals surface area contributed by atoms with Gasteiger partial charge in [0.25, 0.3) is 0 Å². The van der Waals surface area contributed by atoms with Crippen LogP contribution in [-0.4, -0.2) is 11.1 Å². The number of alkyl halides is 1. The lowest BCUT2D eigenvalue weighted by Crippen LogP contribution is -2.18. The zero-order chi connectivity index (χ0) is 10.4. The van der Waals surface area contributed by atoms with Gasteiger partial charge in [0.2, 0.25) is 0 Å². The molecule has 0 N–H and O–H groups in total. The highest BCUT2D eigenvalue weighted by Crippen LogP contribution is 2.26. The average Bonchev–Trinajstić information content (AvgIpc) is 2.29. The molecule has 1 rings (SSSR count). The van der Waals surface area contributed by atoms with E-state index in [0.717, 1.165) is 18.8 Å². The zero-order valence-electron chi connectivity index (χ0n) is 9.10. The maximum Gasteiger partial charge on any atom is 0.146 e. The second kappa shape index (κ2) is 6.60. The van der Waals surface area contributed by atoms with Crippen LogP contribution >= 0.6 is 15.9 Å². The number of Topliss-reactive ketones (excluding diaryl/α,β-unsaturated/α-hetero) is 1. The summed E-state index contributed by atoms with van der Waals surface area (Å²) in [6.07, 6.45) is 8.83. The van der Waals surface area contributed by atoms with Crippen molar-refractivity contribution in [3.63, 3.8) is 0 Å². The van der Waals surface area contributed by atoms with Crippen molar-refractivity contribution in [1.82, 2.24) is 0 Å². The topological polar surface area (TPSA) is 17.1 Å². The molecule has 2 unspecified atom stereocenters. The highest BCUT2D eigenvalue weighted by Gasteiger charge is 2.20. The van der Waals surface area contributed by atoms with Crippen molar-refractivity contribution in [2.45, 2.75) is 51.9 Å². The van der Waals surface area contributed by atoms with Crippen LogP contribution in [0.5, 0.6) is 0 Å². The first kappa shape index (κ1) is 12.2. The molecule has 0 radical (unpaired) electrons. The fourth-order valence-corrected chi connectivity index (χ4v) is 2.82. The Morgan fingerprint density at radius 1 is 1.21 bits per heavy atom. The molecular formula is C12H21BrO. The molecule has 82 valence electrons. The Morgan fingerprint density at radius 3 is 2.50 bits per heavy atom. The van der Waals surface area contributed by atoms with Crippen LogP contribution in [0.4, 0.5) is 0 Å². The molecule has 0 spiro atoms. The summed E-state index contributed by atoms with van der Waals surface area (Å²) in [5.41, 5.74) is 0. The molecule has 0 saturated heterocycles. The molecule has 0 heterocycles. The van der Waals surface area contributed by atoms with Gasteiger partial charge in [0.1, 0.15) is 5.78 Å². The van der Waals surface area contributed by atoms with Gasteiger partial charge in [-0.2, -0.15) is 0 Å². The molecule has 2 atom stereocenters. The summed E-state index contributed by atoms with van der Waals surface area (Å²) < 4.78 is 0. The van der Waals surface area contributed by atoms with Gasteiger partial charge in [-0.05, 0) is 18.8 Å². The molecule has 1 nitrogen and oxygen atoms in total. The van der Waals surface area contributed by atoms with Crippen LogP contribution < -0.4 is 0 Å². The lowest BCUT2D eigenvalue weighted by molar-refractivity contribution is -0.120. The van der Waals surface area contributed by atoms with E-state index < -0.39 is 0 Å². The molecular weight excluding hydrogens is 240 g/mol. The lowest BCUT2D eigenvalue weighted by Gasteiger charge is -2.17. The Kier molecular flexibility index (Phi) is 5.76. The summed E-state index contributed by atoms with van der Waals surface area (Å²) in [5.74, 6) is 1.49. The van der Waals surface area contributed by atoms with E-state index in [9.17, 15) is 4.79 Å². The van der Waals surface area contributed by atoms with Crippen LogP contribution in [0.2, 0.25) is 0 Å². The van der Waals surface area contributed by atoms with E-state index in [-0.39, 0.29) is 0 Å². The van der Waals surface area contributed by atoms with Crippen LogP contribution in [0.25, 0.3) is 0 Å². The molecule has 0 aromatic carbocycles. The third-order valence-electron chi connectivity index (χ3n) is 3.27. The van der Waals surface area contributed by atoms with Gasteiger partial charge in [0, 0.05) is 5.92 Å². The van der Waals surface area contributed by atoms with Crippen molar-refractivity contribution in [3.05, 3.63) is 0 Å². The summed E-state index contributed by atoms with van der Waals surface area (Å²) >= 11 is 3.29. The highest BCUT2D eigenvalue weighted by atomic mass is 79.9. The number of hydrogen-bond donors (Lipinski definition) is 0. The molecule has 1 fully saturated rings. The van der Waals surface area contributed by atoms with Gasteiger partial charge in [-0.15, -0.1) is 0 Å². The first-order valence-corrected chi connectivity index (χ1v) is 6.95. The Balaban J connectivity index is 2.48. The van der Waals surface area contributed by atoms with Crippen LogP contribution in [0.15, 0.2) is 0 Å². The Morgan fingerprint density at radius 2 is 1.86 bits per heavy atom. The zero-order valence-corrected chi connectivity index (χ0v) is 10.7. The molecule has 0 aliphatic heterocycles. The number of carbonyl (C=O) groups is 1. The third-order valence-corrected chi connectivity index (χ3v) is 3.83. The van der Waals surface area contributed by atoms with E-state index in [4.69, 9.17) is 0 Å². The van der Waals surface area contributed by atoms with Crippen LogP contribution in [0, 0.1) is 11.8 Å². The summed E-state index contributed by atoms with van der Waals surface area (Å²) in [5, 5.41) is 0.546. The first-order chi connectivity index (χ1) is 6.74. The quantitative estimate of drug-likeness (QED) is 0.688. The Hall–Kier alpha value is 0.150. The molecule has 2 heteroatoms. The smallest absolute Gasteiger partial charge is 0.146 e. The molecule has 14 heavy (non-hydrogen) atoms. The van der Waals surface area contributed by atoms with Gasteiger partial charge in [0.05, 0.1) is 5.33 Å². The number of ketones is 1. The third kappa shape index (κ3) is 4.12. The largest absolute Gasteiger partial charge is 0.298 e. The SMILES string of the molecule is CC1CCCCCCC(C(=O)CBr)C1. The molecule has 1 aliphatic carbocycles. The second-order valence-corrected chi connectivity index (χ2v) is 5.19. The monoisotopic (exact) mass is 260 g/mol. The van der Waals surface area contributed by atoms with Crippen LogP contribution in [0.1, 0.15) is 51.9 Å². The van der Waals surface area contributed by atoms with Crippen molar-refractivity contribution >= 4 is 21.7 Å². The van der Waals surface area contributed by atoms with Crippen molar-refractivity contribution in [2.75, 3.05) is 5.33 Å². The Bertz CT molecular complexity index is 179. The number of rotatable bonds is 2. The second-order valence-electron chi connectivity index (χ2n) is 4.63. The van der Waals surface area contributed by atoms with Gasteiger partial charge >= 0.3 is 0 Å². The predicted octanol–water partition coefficient (Wildman–Crippen LogP) is 3.95. The lowest BCUT2D eigenvalue weighted by atomic mass is 9.88. The molecule has 0 aromatic heterocycles.